The number of aromatic nitrogens is 2. The average Bonchev–Trinajstić information content (AvgIpc) is 3.14. The van der Waals surface area contributed by atoms with Gasteiger partial charge in [-0.15, -0.1) is 0 Å². The van der Waals surface area contributed by atoms with E-state index in [1.54, 1.807) is 21.6 Å². The molecule has 5 rings (SSSR count). The van der Waals surface area contributed by atoms with Gasteiger partial charge < -0.3 is 9.80 Å². The lowest BCUT2D eigenvalue weighted by Crippen LogP contribution is -2.47. The summed E-state index contributed by atoms with van der Waals surface area (Å²) in [6.45, 7) is 8.59. The number of fused-ring (bicyclic) bond motifs is 1. The SMILES string of the molecule is CCN1CCN(c2nc3c(C)cccn3c(=O)c2C=C2SC(=S)N(C3CCCCC3)C2=O)CC1. The number of rotatable bonds is 4. The summed E-state index contributed by atoms with van der Waals surface area (Å²) in [7, 11) is 0. The highest BCUT2D eigenvalue weighted by atomic mass is 32.2. The van der Waals surface area contributed by atoms with E-state index < -0.39 is 0 Å². The molecule has 3 fully saturated rings. The van der Waals surface area contributed by atoms with Crippen LogP contribution in [-0.4, -0.2) is 68.2 Å². The Balaban J connectivity index is 1.57. The highest BCUT2D eigenvalue weighted by Crippen LogP contribution is 2.38. The number of carbonyl (C=O) groups excluding carboxylic acids is 1. The fourth-order valence-electron chi connectivity index (χ4n) is 5.21. The highest BCUT2D eigenvalue weighted by Gasteiger charge is 2.38. The second-order valence-electron chi connectivity index (χ2n) is 9.30. The molecule has 0 aromatic carbocycles. The van der Waals surface area contributed by atoms with Gasteiger partial charge in [0.2, 0.25) is 0 Å². The second kappa shape index (κ2) is 9.79. The van der Waals surface area contributed by atoms with Crippen molar-refractivity contribution in [2.75, 3.05) is 37.6 Å². The van der Waals surface area contributed by atoms with Crippen LogP contribution in [0, 0.1) is 6.92 Å². The van der Waals surface area contributed by atoms with E-state index in [4.69, 9.17) is 17.2 Å². The smallest absolute Gasteiger partial charge is 0.267 e. The number of piperazine rings is 1. The first-order chi connectivity index (χ1) is 16.5. The largest absolute Gasteiger partial charge is 0.353 e. The number of pyridine rings is 1. The first kappa shape index (κ1) is 23.5. The lowest BCUT2D eigenvalue weighted by molar-refractivity contribution is -0.124. The summed E-state index contributed by atoms with van der Waals surface area (Å²) in [5.41, 5.74) is 1.93. The van der Waals surface area contributed by atoms with Crippen LogP contribution in [0.4, 0.5) is 5.82 Å². The lowest BCUT2D eigenvalue weighted by atomic mass is 9.94. The van der Waals surface area contributed by atoms with Crippen molar-refractivity contribution in [2.45, 2.75) is 52.0 Å². The van der Waals surface area contributed by atoms with E-state index in [0.717, 1.165) is 64.0 Å². The van der Waals surface area contributed by atoms with Crippen molar-refractivity contribution >= 4 is 51.7 Å². The highest BCUT2D eigenvalue weighted by molar-refractivity contribution is 8.26. The first-order valence-corrected chi connectivity index (χ1v) is 13.5. The molecule has 2 aliphatic heterocycles. The van der Waals surface area contributed by atoms with Gasteiger partial charge >= 0.3 is 0 Å². The molecule has 0 unspecified atom stereocenters. The Morgan fingerprint density at radius 1 is 1.15 bits per heavy atom. The molecule has 1 amide bonds. The van der Waals surface area contributed by atoms with Gasteiger partial charge in [0.15, 0.2) is 0 Å². The van der Waals surface area contributed by atoms with E-state index in [-0.39, 0.29) is 17.5 Å². The molecule has 2 aromatic rings. The molecule has 2 aromatic heterocycles. The predicted molar refractivity (Wildman–Crippen MR) is 142 cm³/mol. The fourth-order valence-corrected chi connectivity index (χ4v) is 6.59. The van der Waals surface area contributed by atoms with Gasteiger partial charge in [-0.25, -0.2) is 4.98 Å². The number of carbonyl (C=O) groups is 1. The summed E-state index contributed by atoms with van der Waals surface area (Å²) < 4.78 is 2.19. The van der Waals surface area contributed by atoms with Gasteiger partial charge in [-0.1, -0.05) is 56.2 Å². The topological polar surface area (TPSA) is 61.2 Å². The molecule has 3 aliphatic rings. The van der Waals surface area contributed by atoms with Crippen LogP contribution in [0.1, 0.15) is 50.2 Å². The molecule has 0 bridgehead atoms. The molecule has 1 aliphatic carbocycles. The molecule has 0 radical (unpaired) electrons. The Morgan fingerprint density at radius 2 is 1.88 bits per heavy atom. The normalized spacial score (nSPS) is 21.9. The Bertz CT molecular complexity index is 1210. The number of nitrogens with zero attached hydrogens (tertiary/aromatic N) is 5. The van der Waals surface area contributed by atoms with E-state index >= 15 is 0 Å². The number of likely N-dealkylation sites (N-methyl/N-ethyl adjacent to an activating group) is 1. The number of anilines is 1. The molecular formula is C25H31N5O2S2. The summed E-state index contributed by atoms with van der Waals surface area (Å²) >= 11 is 6.93. The second-order valence-corrected chi connectivity index (χ2v) is 11.0. The van der Waals surface area contributed by atoms with Crippen molar-refractivity contribution in [1.82, 2.24) is 19.2 Å². The minimum absolute atomic E-state index is 0.0719. The standard InChI is InChI=1S/C25H31N5O2S2/c1-3-27-12-14-28(15-13-27)22-19(23(31)29-11-7-8-17(2)21(29)26-22)16-20-24(32)30(25(33)34-20)18-9-5-4-6-10-18/h7-8,11,16,18H,3-6,9-10,12-15H2,1-2H3. The quantitative estimate of drug-likeness (QED) is 0.472. The Morgan fingerprint density at radius 3 is 2.59 bits per heavy atom. The van der Waals surface area contributed by atoms with E-state index in [0.29, 0.717) is 26.3 Å². The van der Waals surface area contributed by atoms with Crippen molar-refractivity contribution in [3.8, 4) is 0 Å². The number of hydrogen-bond acceptors (Lipinski definition) is 7. The van der Waals surface area contributed by atoms with Crippen molar-refractivity contribution in [1.29, 1.82) is 0 Å². The van der Waals surface area contributed by atoms with Crippen molar-refractivity contribution < 1.29 is 4.79 Å². The van der Waals surface area contributed by atoms with E-state index in [1.165, 1.54) is 18.2 Å². The molecule has 4 heterocycles. The maximum atomic E-state index is 13.7. The van der Waals surface area contributed by atoms with Crippen LogP contribution in [0.5, 0.6) is 0 Å². The number of aryl methyl sites for hydroxylation is 1. The molecule has 7 nitrogen and oxygen atoms in total. The minimum Gasteiger partial charge on any atom is -0.353 e. The number of thiocarbonyl (C=S) groups is 1. The predicted octanol–water partition coefficient (Wildman–Crippen LogP) is 3.68. The van der Waals surface area contributed by atoms with Gasteiger partial charge in [0.25, 0.3) is 11.5 Å². The number of amides is 1. The number of hydrogen-bond donors (Lipinski definition) is 0. The molecular weight excluding hydrogens is 466 g/mol. The molecule has 34 heavy (non-hydrogen) atoms. The summed E-state index contributed by atoms with van der Waals surface area (Å²) in [6, 6.07) is 4.00. The van der Waals surface area contributed by atoms with Gasteiger partial charge in [-0.05, 0) is 44.0 Å². The van der Waals surface area contributed by atoms with Gasteiger partial charge in [-0.3, -0.25) is 18.9 Å². The average molecular weight is 498 g/mol. The summed E-state index contributed by atoms with van der Waals surface area (Å²) in [5, 5.41) is 0. The maximum absolute atomic E-state index is 13.7. The summed E-state index contributed by atoms with van der Waals surface area (Å²) in [5.74, 6) is 0.593. The van der Waals surface area contributed by atoms with Crippen LogP contribution in [-0.2, 0) is 4.79 Å². The van der Waals surface area contributed by atoms with Crippen LogP contribution in [0.2, 0.25) is 0 Å². The van der Waals surface area contributed by atoms with E-state index in [2.05, 4.69) is 16.7 Å². The minimum atomic E-state index is -0.149. The van der Waals surface area contributed by atoms with E-state index in [1.807, 2.05) is 19.1 Å². The zero-order valence-electron chi connectivity index (χ0n) is 19.8. The lowest BCUT2D eigenvalue weighted by Gasteiger charge is -2.35. The van der Waals surface area contributed by atoms with Crippen molar-refractivity contribution in [2.24, 2.45) is 0 Å². The van der Waals surface area contributed by atoms with Crippen LogP contribution in [0.3, 0.4) is 0 Å². The summed E-state index contributed by atoms with van der Waals surface area (Å²) in [6.07, 6.45) is 8.95. The molecule has 1 saturated carbocycles. The van der Waals surface area contributed by atoms with Gasteiger partial charge in [0, 0.05) is 38.4 Å². The third-order valence-electron chi connectivity index (χ3n) is 7.22. The Kier molecular flexibility index (Phi) is 6.77. The van der Waals surface area contributed by atoms with Crippen LogP contribution in [0.25, 0.3) is 11.7 Å². The third-order valence-corrected chi connectivity index (χ3v) is 8.55. The molecule has 0 atom stereocenters. The maximum Gasteiger partial charge on any atom is 0.267 e. The van der Waals surface area contributed by atoms with Crippen molar-refractivity contribution in [3.05, 3.63) is 44.7 Å². The summed E-state index contributed by atoms with van der Waals surface area (Å²) in [4.78, 5) is 39.0. The molecule has 9 heteroatoms. The first-order valence-electron chi connectivity index (χ1n) is 12.2. The number of thioether (sulfide) groups is 1. The van der Waals surface area contributed by atoms with Gasteiger partial charge in [0.05, 0.1) is 10.5 Å². The van der Waals surface area contributed by atoms with Crippen LogP contribution >= 0.6 is 24.0 Å². The van der Waals surface area contributed by atoms with Crippen LogP contribution in [0.15, 0.2) is 28.0 Å². The zero-order valence-corrected chi connectivity index (χ0v) is 21.5. The fraction of sp³-hybridized carbons (Fsp3) is 0.520. The Labute approximate surface area is 209 Å². The van der Waals surface area contributed by atoms with Gasteiger partial charge in [-0.2, -0.15) is 0 Å². The Hall–Kier alpha value is -2.23. The van der Waals surface area contributed by atoms with Crippen LogP contribution < -0.4 is 10.5 Å². The third kappa shape index (κ3) is 4.29. The molecule has 0 N–H and O–H groups in total. The molecule has 180 valence electrons. The van der Waals surface area contributed by atoms with Crippen molar-refractivity contribution in [3.63, 3.8) is 0 Å². The molecule has 2 saturated heterocycles. The monoisotopic (exact) mass is 497 g/mol. The zero-order chi connectivity index (χ0) is 23.8. The van der Waals surface area contributed by atoms with Gasteiger partial charge in [0.1, 0.15) is 15.8 Å². The van der Waals surface area contributed by atoms with E-state index in [9.17, 15) is 9.59 Å². The molecule has 0 spiro atoms.